The normalized spacial score (nSPS) is 12.1. The van der Waals surface area contributed by atoms with Crippen LogP contribution in [0.3, 0.4) is 0 Å². The number of para-hydroxylation sites is 1. The van der Waals surface area contributed by atoms with Gasteiger partial charge in [0.2, 0.25) is 0 Å². The molecule has 0 aliphatic carbocycles. The van der Waals surface area contributed by atoms with Crippen LogP contribution in [0.5, 0.6) is 5.75 Å². The maximum Gasteiger partial charge on any atom is 0.170 e. The summed E-state index contributed by atoms with van der Waals surface area (Å²) < 4.78 is 5.47. The van der Waals surface area contributed by atoms with Crippen LogP contribution in [-0.4, -0.2) is 12.4 Å². The second-order valence-corrected chi connectivity index (χ2v) is 4.76. The summed E-state index contributed by atoms with van der Waals surface area (Å²) in [5, 5.41) is 0. The number of hydrogen-bond donors (Lipinski definition) is 0. The fourth-order valence-electron chi connectivity index (χ4n) is 2.00. The van der Waals surface area contributed by atoms with Crippen LogP contribution in [0.25, 0.3) is 0 Å². The molecule has 0 bridgehead atoms. The third-order valence-corrected chi connectivity index (χ3v) is 3.20. The zero-order chi connectivity index (χ0) is 13.2. The second kappa shape index (κ2) is 8.73. The molecular formula is C16H24O2. The number of rotatable bonds is 9. The van der Waals surface area contributed by atoms with E-state index < -0.39 is 0 Å². The summed E-state index contributed by atoms with van der Waals surface area (Å²) in [7, 11) is 0. The lowest BCUT2D eigenvalue weighted by molar-refractivity contribution is -0.122. The maximum absolute atomic E-state index is 11.8. The average molecular weight is 248 g/mol. The Hall–Kier alpha value is -1.31. The number of carbonyl (C=O) groups is 1. The predicted octanol–water partition coefficient (Wildman–Crippen LogP) is 4.24. The van der Waals surface area contributed by atoms with Crippen LogP contribution in [-0.2, 0) is 4.79 Å². The highest BCUT2D eigenvalue weighted by Gasteiger charge is 2.12. The summed E-state index contributed by atoms with van der Waals surface area (Å²) in [6, 6.07) is 9.52. The van der Waals surface area contributed by atoms with Crippen LogP contribution in [0.4, 0.5) is 0 Å². The minimum Gasteiger partial charge on any atom is -0.486 e. The van der Waals surface area contributed by atoms with Crippen LogP contribution < -0.4 is 4.74 Å². The molecule has 0 aromatic heterocycles. The monoisotopic (exact) mass is 248 g/mol. The van der Waals surface area contributed by atoms with E-state index in [1.165, 1.54) is 12.8 Å². The summed E-state index contributed by atoms with van der Waals surface area (Å²) in [6.07, 6.45) is 5.31. The van der Waals surface area contributed by atoms with Gasteiger partial charge in [-0.15, -0.1) is 0 Å². The Labute approximate surface area is 110 Å². The van der Waals surface area contributed by atoms with Crippen molar-refractivity contribution < 1.29 is 9.53 Å². The molecule has 0 amide bonds. The van der Waals surface area contributed by atoms with Gasteiger partial charge in [-0.2, -0.15) is 0 Å². The fraction of sp³-hybridized carbons (Fsp3) is 0.562. The molecule has 0 heterocycles. The molecule has 2 heteroatoms. The number of Topliss-reactive ketones (excluding diaryl/α,β-unsaturated/α-hetero) is 1. The van der Waals surface area contributed by atoms with Crippen molar-refractivity contribution in [3.63, 3.8) is 0 Å². The van der Waals surface area contributed by atoms with Gasteiger partial charge in [0.25, 0.3) is 0 Å². The topological polar surface area (TPSA) is 26.3 Å². The van der Waals surface area contributed by atoms with Crippen molar-refractivity contribution in [1.82, 2.24) is 0 Å². The molecule has 1 aromatic rings. The molecule has 1 rings (SSSR count). The molecule has 1 aromatic carbocycles. The van der Waals surface area contributed by atoms with Crippen molar-refractivity contribution in [2.45, 2.75) is 46.0 Å². The largest absolute Gasteiger partial charge is 0.486 e. The zero-order valence-electron chi connectivity index (χ0n) is 11.5. The van der Waals surface area contributed by atoms with E-state index in [0.29, 0.717) is 12.3 Å². The number of carbonyl (C=O) groups excluding carboxylic acids is 1. The van der Waals surface area contributed by atoms with Gasteiger partial charge in [0, 0.05) is 6.42 Å². The SMILES string of the molecule is CCCCC(CC)CC(=O)COc1ccccc1. The van der Waals surface area contributed by atoms with Crippen molar-refractivity contribution in [2.24, 2.45) is 5.92 Å². The summed E-state index contributed by atoms with van der Waals surface area (Å²) in [4.78, 5) is 11.8. The van der Waals surface area contributed by atoms with E-state index in [1.54, 1.807) is 0 Å². The first-order valence-electron chi connectivity index (χ1n) is 6.95. The second-order valence-electron chi connectivity index (χ2n) is 4.76. The van der Waals surface area contributed by atoms with E-state index in [9.17, 15) is 4.79 Å². The minimum absolute atomic E-state index is 0.201. The molecule has 0 spiro atoms. The van der Waals surface area contributed by atoms with E-state index in [4.69, 9.17) is 4.74 Å². The number of hydrogen-bond acceptors (Lipinski definition) is 2. The number of benzene rings is 1. The Morgan fingerprint density at radius 2 is 1.94 bits per heavy atom. The van der Waals surface area contributed by atoms with Crippen LogP contribution in [0, 0.1) is 5.92 Å². The first-order chi connectivity index (χ1) is 8.76. The Morgan fingerprint density at radius 3 is 2.56 bits per heavy atom. The molecule has 0 aliphatic rings. The van der Waals surface area contributed by atoms with Gasteiger partial charge in [-0.25, -0.2) is 0 Å². The highest BCUT2D eigenvalue weighted by atomic mass is 16.5. The Bertz CT molecular complexity index is 332. The third-order valence-electron chi connectivity index (χ3n) is 3.20. The molecule has 1 atom stereocenters. The van der Waals surface area contributed by atoms with Gasteiger partial charge in [-0.1, -0.05) is 57.7 Å². The van der Waals surface area contributed by atoms with Crippen LogP contribution in [0.2, 0.25) is 0 Å². The molecule has 18 heavy (non-hydrogen) atoms. The van der Waals surface area contributed by atoms with E-state index in [0.717, 1.165) is 18.6 Å². The van der Waals surface area contributed by atoms with Gasteiger partial charge in [0.15, 0.2) is 5.78 Å². The van der Waals surface area contributed by atoms with E-state index in [1.807, 2.05) is 30.3 Å². The Balaban J connectivity index is 2.28. The Morgan fingerprint density at radius 1 is 1.22 bits per heavy atom. The molecule has 100 valence electrons. The van der Waals surface area contributed by atoms with Gasteiger partial charge in [-0.3, -0.25) is 4.79 Å². The van der Waals surface area contributed by atoms with Crippen LogP contribution >= 0.6 is 0 Å². The molecule has 0 fully saturated rings. The highest BCUT2D eigenvalue weighted by Crippen LogP contribution is 2.17. The molecule has 0 radical (unpaired) electrons. The predicted molar refractivity (Wildman–Crippen MR) is 74.9 cm³/mol. The van der Waals surface area contributed by atoms with Crippen molar-refractivity contribution in [3.8, 4) is 5.75 Å². The fourth-order valence-corrected chi connectivity index (χ4v) is 2.00. The molecular weight excluding hydrogens is 224 g/mol. The maximum atomic E-state index is 11.8. The highest BCUT2D eigenvalue weighted by molar-refractivity contribution is 5.80. The summed E-state index contributed by atoms with van der Waals surface area (Å²) in [5.74, 6) is 1.51. The van der Waals surface area contributed by atoms with Crippen molar-refractivity contribution in [2.75, 3.05) is 6.61 Å². The van der Waals surface area contributed by atoms with Crippen LogP contribution in [0.15, 0.2) is 30.3 Å². The first-order valence-corrected chi connectivity index (χ1v) is 6.95. The zero-order valence-corrected chi connectivity index (χ0v) is 11.5. The molecule has 2 nitrogen and oxygen atoms in total. The van der Waals surface area contributed by atoms with Gasteiger partial charge in [0.1, 0.15) is 12.4 Å². The lowest BCUT2D eigenvalue weighted by Crippen LogP contribution is -2.15. The van der Waals surface area contributed by atoms with Gasteiger partial charge < -0.3 is 4.74 Å². The molecule has 0 saturated heterocycles. The number of unbranched alkanes of at least 4 members (excludes halogenated alkanes) is 1. The summed E-state index contributed by atoms with van der Waals surface area (Å²) in [5.41, 5.74) is 0. The summed E-state index contributed by atoms with van der Waals surface area (Å²) in [6.45, 7) is 4.55. The van der Waals surface area contributed by atoms with Crippen LogP contribution in [0.1, 0.15) is 46.0 Å². The average Bonchev–Trinajstić information content (AvgIpc) is 2.42. The van der Waals surface area contributed by atoms with Gasteiger partial charge >= 0.3 is 0 Å². The smallest absolute Gasteiger partial charge is 0.170 e. The van der Waals surface area contributed by atoms with Gasteiger partial charge in [0.05, 0.1) is 0 Å². The van der Waals surface area contributed by atoms with Gasteiger partial charge in [-0.05, 0) is 18.1 Å². The van der Waals surface area contributed by atoms with Crippen molar-refractivity contribution >= 4 is 5.78 Å². The Kier molecular flexibility index (Phi) is 7.16. The first kappa shape index (κ1) is 14.7. The molecule has 1 unspecified atom stereocenters. The van der Waals surface area contributed by atoms with E-state index >= 15 is 0 Å². The van der Waals surface area contributed by atoms with E-state index in [2.05, 4.69) is 13.8 Å². The molecule has 0 aliphatic heterocycles. The number of ketones is 1. The van der Waals surface area contributed by atoms with E-state index in [-0.39, 0.29) is 12.4 Å². The summed E-state index contributed by atoms with van der Waals surface area (Å²) >= 11 is 0. The minimum atomic E-state index is 0.201. The lowest BCUT2D eigenvalue weighted by atomic mass is 9.94. The molecule has 0 saturated carbocycles. The molecule has 0 N–H and O–H groups in total. The van der Waals surface area contributed by atoms with Crippen molar-refractivity contribution in [1.29, 1.82) is 0 Å². The lowest BCUT2D eigenvalue weighted by Gasteiger charge is -2.13. The van der Waals surface area contributed by atoms with Crippen molar-refractivity contribution in [3.05, 3.63) is 30.3 Å². The third kappa shape index (κ3) is 5.85. The number of ether oxygens (including phenoxy) is 1. The quantitative estimate of drug-likeness (QED) is 0.653. The standard InChI is InChI=1S/C16H24O2/c1-3-5-9-14(4-2)12-15(17)13-18-16-10-7-6-8-11-16/h6-8,10-11,14H,3-5,9,12-13H2,1-2H3.